The summed E-state index contributed by atoms with van der Waals surface area (Å²) in [7, 11) is -4.93. The highest BCUT2D eigenvalue weighted by Gasteiger charge is 2.50. The molecule has 103 heavy (non-hydrogen) atoms. The molecule has 6 heteroatoms. The molecule has 0 aromatic heterocycles. The van der Waals surface area contributed by atoms with E-state index in [2.05, 4.69) is 439 Å². The number of anilines is 5. The first-order valence-corrected chi connectivity index (χ1v) is 39.4. The molecule has 16 aromatic carbocycles. The number of rotatable bonds is 13. The Bertz CT molecular complexity index is 5200. The third kappa shape index (κ3) is 13.4. The van der Waals surface area contributed by atoms with E-state index in [-0.39, 0.29) is 15.8 Å². The quantitative estimate of drug-likeness (QED) is 0.116. The van der Waals surface area contributed by atoms with Crippen LogP contribution in [0.15, 0.2) is 429 Å². The molecule has 2 nitrogen and oxygen atoms in total. The van der Waals surface area contributed by atoms with E-state index >= 15 is 0 Å². The fourth-order valence-electron chi connectivity index (χ4n) is 15.2. The van der Waals surface area contributed by atoms with Crippen molar-refractivity contribution in [2.45, 2.75) is 7.43 Å². The van der Waals surface area contributed by atoms with Crippen molar-refractivity contribution in [2.75, 3.05) is 10.2 Å². The standard InChI is InChI=1S/C48H35NSi.C24H17BrSi.C24H19N.CH4.B/c1-5-15-36(16-6-1)38-25-29-40(30-26-38)49(41-31-27-39(28-32-41)37-17-7-2-8-18-37)42-33-34-46-45-23-13-14-24-47(45)50(48(46)35-42,43-19-9-3-10-20-43)44-21-11-4-12-22-44;25-18-15-16-22-21-13-7-8-14-23(21)26(24(22)17-18,19-9-3-1-4-10-19)20-11-5-2-6-12-20;1-3-7-19(8-4-1)21-11-15-23(16-12-21)25-24-17-13-22(14-18-24)20-9-5-2-6-10-20;;/h1-35H;1-17H;1-18,25H;1H4;. The number of fused-ring (bicyclic) bond motifs is 6. The second-order valence-corrected chi connectivity index (χ2v) is 34.0. The van der Waals surface area contributed by atoms with Crippen molar-refractivity contribution in [3.63, 3.8) is 0 Å². The topological polar surface area (TPSA) is 15.3 Å². The van der Waals surface area contributed by atoms with E-state index in [4.69, 9.17) is 0 Å². The van der Waals surface area contributed by atoms with Gasteiger partial charge in [-0.25, -0.2) is 0 Å². The van der Waals surface area contributed by atoms with Crippen LogP contribution in [0.25, 0.3) is 66.8 Å². The lowest BCUT2D eigenvalue weighted by Crippen LogP contribution is -2.72. The van der Waals surface area contributed by atoms with Crippen LogP contribution in [0.5, 0.6) is 0 Å². The van der Waals surface area contributed by atoms with Gasteiger partial charge in [-0.2, -0.15) is 0 Å². The van der Waals surface area contributed by atoms with Crippen LogP contribution in [-0.2, 0) is 0 Å². The fourth-order valence-corrected chi connectivity index (χ4v) is 26.2. The largest absolute Gasteiger partial charge is 0.356 e. The SMILES string of the molecule is Brc1ccc2c(c1)[Si](c1ccccc1)(c1ccccc1)c1ccccc1-2.C.[B].c1ccc(-c2ccc(N(c3ccc(-c4ccccc4)cc3)c3ccc4c(c3)[Si](c3ccccc3)(c3ccccc3)c3ccccc3-4)cc2)cc1.c1ccc(-c2ccc(Nc3ccc(-c4ccccc4)cc3)cc2)cc1. The molecule has 0 bridgehead atoms. The minimum Gasteiger partial charge on any atom is -0.356 e. The van der Waals surface area contributed by atoms with Crippen molar-refractivity contribution in [3.05, 3.63) is 429 Å². The molecule has 0 saturated heterocycles. The van der Waals surface area contributed by atoms with Crippen molar-refractivity contribution in [3.8, 4) is 66.8 Å². The van der Waals surface area contributed by atoms with Gasteiger partial charge < -0.3 is 10.2 Å². The van der Waals surface area contributed by atoms with E-state index in [1.807, 2.05) is 12.1 Å². The van der Waals surface area contributed by atoms with Crippen molar-refractivity contribution < 1.29 is 0 Å². The van der Waals surface area contributed by atoms with E-state index in [0.29, 0.717) is 0 Å². The van der Waals surface area contributed by atoms with Crippen LogP contribution < -0.4 is 51.7 Å². The molecule has 18 rings (SSSR count). The Labute approximate surface area is 619 Å². The molecular formula is C97H75BBrN2Si2. The smallest absolute Gasteiger partial charge is 0.180 e. The van der Waals surface area contributed by atoms with Gasteiger partial charge in [-0.1, -0.05) is 375 Å². The van der Waals surface area contributed by atoms with Gasteiger partial charge in [-0.15, -0.1) is 0 Å². The summed E-state index contributed by atoms with van der Waals surface area (Å²) in [4.78, 5) is 2.42. The lowest BCUT2D eigenvalue weighted by atomic mass is 10.0. The molecule has 16 aromatic rings. The molecule has 0 aliphatic carbocycles. The number of halogens is 1. The first kappa shape index (κ1) is 68.2. The molecule has 0 fully saturated rings. The zero-order valence-corrected chi connectivity index (χ0v) is 59.9. The van der Waals surface area contributed by atoms with Gasteiger partial charge in [-0.3, -0.25) is 0 Å². The van der Waals surface area contributed by atoms with Crippen LogP contribution in [0, 0.1) is 0 Å². The summed E-state index contributed by atoms with van der Waals surface area (Å²) in [5.74, 6) is 0. The van der Waals surface area contributed by atoms with Gasteiger partial charge in [-0.05, 0) is 181 Å². The van der Waals surface area contributed by atoms with E-state index in [1.165, 1.54) is 108 Å². The minimum absolute atomic E-state index is 0. The van der Waals surface area contributed by atoms with E-state index in [0.717, 1.165) is 32.9 Å². The lowest BCUT2D eigenvalue weighted by Gasteiger charge is -2.32. The Kier molecular flexibility index (Phi) is 20.5. The van der Waals surface area contributed by atoms with Crippen LogP contribution in [0.4, 0.5) is 28.4 Å². The van der Waals surface area contributed by atoms with Crippen LogP contribution in [0.2, 0.25) is 0 Å². The van der Waals surface area contributed by atoms with Gasteiger partial charge in [0.1, 0.15) is 0 Å². The van der Waals surface area contributed by atoms with Gasteiger partial charge in [0.15, 0.2) is 16.1 Å². The summed E-state index contributed by atoms with van der Waals surface area (Å²) in [6.07, 6.45) is 0. The molecule has 3 radical (unpaired) electrons. The van der Waals surface area contributed by atoms with Crippen molar-refractivity contribution in [1.29, 1.82) is 0 Å². The molecule has 2 aliphatic heterocycles. The molecule has 2 heterocycles. The zero-order chi connectivity index (χ0) is 67.8. The average Bonchev–Trinajstić information content (AvgIpc) is 1.55. The van der Waals surface area contributed by atoms with Crippen LogP contribution in [0.1, 0.15) is 7.43 Å². The number of benzene rings is 16. The summed E-state index contributed by atoms with van der Waals surface area (Å²) < 4.78 is 1.15. The third-order valence-electron chi connectivity index (χ3n) is 19.9. The van der Waals surface area contributed by atoms with Crippen LogP contribution in [0.3, 0.4) is 0 Å². The lowest BCUT2D eigenvalue weighted by molar-refractivity contribution is 1.29. The summed E-state index contributed by atoms with van der Waals surface area (Å²) in [5, 5.41) is 15.0. The highest BCUT2D eigenvalue weighted by atomic mass is 79.9. The second kappa shape index (κ2) is 30.9. The molecule has 0 unspecified atom stereocenters. The summed E-state index contributed by atoms with van der Waals surface area (Å²) in [5.41, 5.74) is 20.8. The Morgan fingerprint density at radius 3 is 0.786 bits per heavy atom. The van der Waals surface area contributed by atoms with Crippen molar-refractivity contribution >= 4 is 110 Å². The molecule has 0 atom stereocenters. The van der Waals surface area contributed by atoms with Gasteiger partial charge in [0.25, 0.3) is 0 Å². The number of nitrogens with one attached hydrogen (secondary N) is 1. The van der Waals surface area contributed by atoms with E-state index in [1.54, 1.807) is 0 Å². The summed E-state index contributed by atoms with van der Waals surface area (Å²) in [6, 6.07) is 154. The molecule has 2 aliphatic rings. The Balaban J connectivity index is 0.000000143. The normalized spacial score (nSPS) is 12.1. The van der Waals surface area contributed by atoms with Gasteiger partial charge in [0.2, 0.25) is 0 Å². The molecule has 1 N–H and O–H groups in total. The van der Waals surface area contributed by atoms with Crippen molar-refractivity contribution in [2.24, 2.45) is 0 Å². The third-order valence-corrected chi connectivity index (χ3v) is 30.1. The molecule has 0 saturated carbocycles. The Morgan fingerprint density at radius 2 is 0.456 bits per heavy atom. The summed E-state index contributed by atoms with van der Waals surface area (Å²) >= 11 is 3.73. The van der Waals surface area contributed by atoms with Crippen molar-refractivity contribution in [1.82, 2.24) is 0 Å². The first-order valence-electron chi connectivity index (χ1n) is 34.6. The van der Waals surface area contributed by atoms with Gasteiger partial charge >= 0.3 is 0 Å². The Morgan fingerprint density at radius 1 is 0.214 bits per heavy atom. The first-order chi connectivity index (χ1) is 50.0. The Hall–Kier alpha value is -11.9. The highest BCUT2D eigenvalue weighted by molar-refractivity contribution is 9.10. The average molecular weight is 1420 g/mol. The van der Waals surface area contributed by atoms with Crippen LogP contribution >= 0.6 is 15.9 Å². The zero-order valence-electron chi connectivity index (χ0n) is 56.3. The maximum Gasteiger partial charge on any atom is 0.180 e. The van der Waals surface area contributed by atoms with Crippen LogP contribution in [-0.4, -0.2) is 24.6 Å². The molecule has 491 valence electrons. The molecule has 0 amide bonds. The highest BCUT2D eigenvalue weighted by Crippen LogP contribution is 2.40. The number of hydrogen-bond donors (Lipinski definition) is 1. The predicted molar refractivity (Wildman–Crippen MR) is 451 cm³/mol. The minimum atomic E-state index is -2.64. The predicted octanol–water partition coefficient (Wildman–Crippen LogP) is 20.7. The fraction of sp³-hybridized carbons (Fsp3) is 0.0103. The maximum atomic E-state index is 3.73. The number of nitrogens with zero attached hydrogens (tertiary/aromatic N) is 1. The summed E-state index contributed by atoms with van der Waals surface area (Å²) in [6.45, 7) is 0. The second-order valence-electron chi connectivity index (χ2n) is 25.6. The monoisotopic (exact) mass is 1410 g/mol. The molecular weight excluding hydrogens is 1340 g/mol. The van der Waals surface area contributed by atoms with Gasteiger partial charge in [0, 0.05) is 41.3 Å². The van der Waals surface area contributed by atoms with E-state index < -0.39 is 16.1 Å². The van der Waals surface area contributed by atoms with E-state index in [9.17, 15) is 0 Å². The maximum absolute atomic E-state index is 3.73. The molecule has 0 spiro atoms. The number of hydrogen-bond acceptors (Lipinski definition) is 2. The van der Waals surface area contributed by atoms with Gasteiger partial charge in [0.05, 0.1) is 0 Å².